The van der Waals surface area contributed by atoms with Crippen LogP contribution in [0, 0.1) is 29.1 Å². The van der Waals surface area contributed by atoms with Gasteiger partial charge in [0.1, 0.15) is 11.5 Å². The lowest BCUT2D eigenvalue weighted by Crippen LogP contribution is -2.29. The molecule has 1 heterocycles. The normalized spacial score (nSPS) is 14.4. The van der Waals surface area contributed by atoms with Crippen molar-refractivity contribution in [1.29, 1.82) is 0 Å². The minimum Gasteiger partial charge on any atom is -0.473 e. The Labute approximate surface area is 209 Å². The summed E-state index contributed by atoms with van der Waals surface area (Å²) in [4.78, 5) is 25.0. The standard InChI is InChI=1S/C24H11Cl2F5O5/c1-9(34-23-20(30)18(28)17(27)19(29)21(23)31)24(33)35-10-5-6-11-15(7-10)36-16(22(11)32)8-12-13(25)3-2-4-14(12)26/h2-9H,1H3/b16-8-. The van der Waals surface area contributed by atoms with E-state index < -0.39 is 52.7 Å². The van der Waals surface area contributed by atoms with Gasteiger partial charge in [-0.25, -0.2) is 18.0 Å². The third-order valence-electron chi connectivity index (χ3n) is 4.93. The molecule has 1 atom stereocenters. The van der Waals surface area contributed by atoms with Crippen molar-refractivity contribution in [3.05, 3.63) is 92.4 Å². The molecule has 0 saturated heterocycles. The van der Waals surface area contributed by atoms with E-state index in [2.05, 4.69) is 4.74 Å². The molecule has 36 heavy (non-hydrogen) atoms. The minimum atomic E-state index is -2.37. The number of hydrogen-bond acceptors (Lipinski definition) is 5. The molecule has 3 aromatic rings. The zero-order chi connectivity index (χ0) is 26.3. The van der Waals surface area contributed by atoms with Gasteiger partial charge < -0.3 is 14.2 Å². The van der Waals surface area contributed by atoms with Crippen LogP contribution < -0.4 is 14.2 Å². The Kier molecular flexibility index (Phi) is 6.92. The number of fused-ring (bicyclic) bond motifs is 1. The summed E-state index contributed by atoms with van der Waals surface area (Å²) in [6, 6.07) is 8.47. The van der Waals surface area contributed by atoms with Crippen molar-refractivity contribution in [2.45, 2.75) is 13.0 Å². The molecule has 0 bridgehead atoms. The van der Waals surface area contributed by atoms with Crippen LogP contribution in [-0.4, -0.2) is 17.9 Å². The van der Waals surface area contributed by atoms with Crippen LogP contribution in [0.5, 0.6) is 17.2 Å². The van der Waals surface area contributed by atoms with E-state index in [1.54, 1.807) is 18.2 Å². The predicted octanol–water partition coefficient (Wildman–Crippen LogP) is 6.68. The van der Waals surface area contributed by atoms with Crippen LogP contribution in [0.1, 0.15) is 22.8 Å². The van der Waals surface area contributed by atoms with Crippen LogP contribution in [0.4, 0.5) is 22.0 Å². The van der Waals surface area contributed by atoms with E-state index in [1.807, 2.05) is 0 Å². The lowest BCUT2D eigenvalue weighted by atomic mass is 10.1. The minimum absolute atomic E-state index is 0.0214. The monoisotopic (exact) mass is 544 g/mol. The number of allylic oxidation sites excluding steroid dienone is 1. The molecule has 0 aliphatic carbocycles. The van der Waals surface area contributed by atoms with Crippen molar-refractivity contribution in [2.75, 3.05) is 0 Å². The van der Waals surface area contributed by atoms with Gasteiger partial charge >= 0.3 is 5.97 Å². The first kappa shape index (κ1) is 25.5. The summed E-state index contributed by atoms with van der Waals surface area (Å²) in [5.74, 6) is -14.9. The largest absolute Gasteiger partial charge is 0.473 e. The Hall–Kier alpha value is -3.63. The SMILES string of the molecule is CC(Oc1c(F)c(F)c(F)c(F)c1F)C(=O)Oc1ccc2c(c1)O/C(=C\c1c(Cl)cccc1Cl)C2=O. The third kappa shape index (κ3) is 4.61. The fraction of sp³-hybridized carbons (Fsp3) is 0.0833. The van der Waals surface area contributed by atoms with E-state index in [0.29, 0.717) is 5.56 Å². The number of esters is 1. The summed E-state index contributed by atoms with van der Waals surface area (Å²) < 4.78 is 82.7. The fourth-order valence-electron chi connectivity index (χ4n) is 3.12. The van der Waals surface area contributed by atoms with Gasteiger partial charge in [0.15, 0.2) is 17.6 Å². The first-order valence-corrected chi connectivity index (χ1v) is 10.7. The van der Waals surface area contributed by atoms with Gasteiger partial charge in [0.25, 0.3) is 0 Å². The van der Waals surface area contributed by atoms with Crippen molar-refractivity contribution in [1.82, 2.24) is 0 Å². The lowest BCUT2D eigenvalue weighted by Gasteiger charge is -2.15. The number of carbonyl (C=O) groups is 2. The Morgan fingerprint density at radius 1 is 0.944 bits per heavy atom. The highest BCUT2D eigenvalue weighted by atomic mass is 35.5. The number of ether oxygens (including phenoxy) is 3. The van der Waals surface area contributed by atoms with Gasteiger partial charge in [-0.15, -0.1) is 0 Å². The number of ketones is 1. The Morgan fingerprint density at radius 3 is 2.14 bits per heavy atom. The van der Waals surface area contributed by atoms with Crippen LogP contribution >= 0.6 is 23.2 Å². The molecule has 1 aliphatic rings. The predicted molar refractivity (Wildman–Crippen MR) is 118 cm³/mol. The molecule has 3 aromatic carbocycles. The van der Waals surface area contributed by atoms with Crippen LogP contribution in [-0.2, 0) is 4.79 Å². The molecule has 0 radical (unpaired) electrons. The molecule has 0 amide bonds. The molecule has 0 spiro atoms. The summed E-state index contributed by atoms with van der Waals surface area (Å²) in [6.07, 6.45) is -0.439. The molecular formula is C24H11Cl2F5O5. The van der Waals surface area contributed by atoms with Crippen molar-refractivity contribution in [2.24, 2.45) is 0 Å². The Balaban J connectivity index is 1.52. The summed E-state index contributed by atoms with van der Waals surface area (Å²) in [6.45, 7) is 0.974. The average Bonchev–Trinajstić information content (AvgIpc) is 3.15. The molecule has 0 fully saturated rings. The van der Waals surface area contributed by atoms with Crippen molar-refractivity contribution in [3.63, 3.8) is 0 Å². The van der Waals surface area contributed by atoms with Gasteiger partial charge in [0.05, 0.1) is 5.56 Å². The van der Waals surface area contributed by atoms with E-state index in [-0.39, 0.29) is 32.9 Å². The zero-order valence-electron chi connectivity index (χ0n) is 17.8. The van der Waals surface area contributed by atoms with E-state index in [9.17, 15) is 31.5 Å². The van der Waals surface area contributed by atoms with Gasteiger partial charge in [0.2, 0.25) is 34.9 Å². The number of hydrogen-bond donors (Lipinski definition) is 0. The summed E-state index contributed by atoms with van der Waals surface area (Å²) in [7, 11) is 0. The first-order valence-electron chi connectivity index (χ1n) is 9.91. The second-order valence-electron chi connectivity index (χ2n) is 7.31. The van der Waals surface area contributed by atoms with Crippen LogP contribution in [0.15, 0.2) is 42.2 Å². The fourth-order valence-corrected chi connectivity index (χ4v) is 3.63. The lowest BCUT2D eigenvalue weighted by molar-refractivity contribution is -0.141. The molecule has 1 unspecified atom stereocenters. The Bertz CT molecular complexity index is 1410. The molecule has 5 nitrogen and oxygen atoms in total. The van der Waals surface area contributed by atoms with Crippen molar-refractivity contribution >= 4 is 41.0 Å². The first-order chi connectivity index (χ1) is 17.0. The number of benzene rings is 3. The molecule has 1 aliphatic heterocycles. The van der Waals surface area contributed by atoms with Crippen LogP contribution in [0.2, 0.25) is 10.0 Å². The zero-order valence-corrected chi connectivity index (χ0v) is 19.3. The van der Waals surface area contributed by atoms with Crippen LogP contribution in [0.3, 0.4) is 0 Å². The maximum Gasteiger partial charge on any atom is 0.352 e. The number of Topliss-reactive ketones (excluding diaryl/α,β-unsaturated/α-hetero) is 1. The summed E-state index contributed by atoms with van der Waals surface area (Å²) >= 11 is 12.2. The van der Waals surface area contributed by atoms with Crippen molar-refractivity contribution < 1.29 is 45.8 Å². The van der Waals surface area contributed by atoms with Crippen molar-refractivity contribution in [3.8, 4) is 17.2 Å². The smallest absolute Gasteiger partial charge is 0.352 e. The highest BCUT2D eigenvalue weighted by Crippen LogP contribution is 2.37. The second kappa shape index (κ2) is 9.79. The van der Waals surface area contributed by atoms with E-state index in [1.165, 1.54) is 24.3 Å². The molecule has 0 N–H and O–H groups in total. The van der Waals surface area contributed by atoms with Gasteiger partial charge in [-0.2, -0.15) is 8.78 Å². The number of carbonyl (C=O) groups excluding carboxylic acids is 2. The van der Waals surface area contributed by atoms with Gasteiger partial charge in [0, 0.05) is 21.7 Å². The average molecular weight is 545 g/mol. The maximum absolute atomic E-state index is 13.8. The molecule has 4 rings (SSSR count). The second-order valence-corrected chi connectivity index (χ2v) is 8.13. The highest BCUT2D eigenvalue weighted by molar-refractivity contribution is 6.37. The van der Waals surface area contributed by atoms with E-state index in [0.717, 1.165) is 6.92 Å². The number of halogens is 7. The highest BCUT2D eigenvalue weighted by Gasteiger charge is 2.31. The molecular weight excluding hydrogens is 534 g/mol. The molecule has 12 heteroatoms. The summed E-state index contributed by atoms with van der Waals surface area (Å²) in [5.41, 5.74) is 0.484. The topological polar surface area (TPSA) is 61.8 Å². The van der Waals surface area contributed by atoms with E-state index in [4.69, 9.17) is 32.7 Å². The quantitative estimate of drug-likeness (QED) is 0.0895. The molecule has 186 valence electrons. The molecule has 0 saturated carbocycles. The Morgan fingerprint density at radius 2 is 1.53 bits per heavy atom. The molecule has 0 aromatic heterocycles. The number of rotatable bonds is 5. The summed E-state index contributed by atoms with van der Waals surface area (Å²) in [5, 5.41) is 0.555. The van der Waals surface area contributed by atoms with Crippen LogP contribution in [0.25, 0.3) is 6.08 Å². The van der Waals surface area contributed by atoms with Gasteiger partial charge in [-0.05, 0) is 37.3 Å². The third-order valence-corrected chi connectivity index (χ3v) is 5.59. The van der Waals surface area contributed by atoms with Gasteiger partial charge in [-0.1, -0.05) is 29.3 Å². The maximum atomic E-state index is 13.8. The van der Waals surface area contributed by atoms with Gasteiger partial charge in [-0.3, -0.25) is 4.79 Å². The van der Waals surface area contributed by atoms with E-state index >= 15 is 0 Å².